The lowest BCUT2D eigenvalue weighted by molar-refractivity contribution is -0.137. The second-order valence-corrected chi connectivity index (χ2v) is 7.37. The number of hydrogen-bond acceptors (Lipinski definition) is 5. The molecule has 8 heteroatoms. The number of carboxylic acid groups (broad SMARTS) is 1. The molecule has 8 nitrogen and oxygen atoms in total. The highest BCUT2D eigenvalue weighted by Gasteiger charge is 2.29. The number of rotatable bonds is 7. The van der Waals surface area contributed by atoms with Gasteiger partial charge in [-0.05, 0) is 22.3 Å². The molecule has 0 fully saturated rings. The number of hydrogen-bond donors (Lipinski definition) is 2. The van der Waals surface area contributed by atoms with E-state index < -0.39 is 24.5 Å². The van der Waals surface area contributed by atoms with Crippen LogP contribution in [-0.4, -0.2) is 47.7 Å². The first-order valence-electron chi connectivity index (χ1n) is 10.1. The molecule has 3 aromatic rings. The van der Waals surface area contributed by atoms with Crippen molar-refractivity contribution in [1.29, 1.82) is 0 Å². The zero-order chi connectivity index (χ0) is 23.4. The highest BCUT2D eigenvalue weighted by molar-refractivity contribution is 6.01. The fraction of sp³-hybridized carbons (Fsp3) is 0.160. The van der Waals surface area contributed by atoms with Crippen molar-refractivity contribution in [1.82, 2.24) is 4.90 Å². The number of nitrogens with zero attached hydrogens (tertiary/aromatic N) is 1. The van der Waals surface area contributed by atoms with E-state index in [0.29, 0.717) is 0 Å². The molecule has 2 aromatic carbocycles. The fourth-order valence-corrected chi connectivity index (χ4v) is 3.93. The zero-order valence-electron chi connectivity index (χ0n) is 17.5. The fourth-order valence-electron chi connectivity index (χ4n) is 3.93. The van der Waals surface area contributed by atoms with Gasteiger partial charge in [0.05, 0.1) is 18.5 Å². The molecule has 2 N–H and O–H groups in total. The average Bonchev–Trinajstić information content (AvgIpc) is 3.39. The lowest BCUT2D eigenvalue weighted by Gasteiger charge is -2.17. The van der Waals surface area contributed by atoms with Gasteiger partial charge in [0.1, 0.15) is 13.2 Å². The normalized spacial score (nSPS) is 11.7. The molecule has 0 saturated heterocycles. The van der Waals surface area contributed by atoms with Crippen LogP contribution in [0.4, 0.5) is 10.5 Å². The maximum Gasteiger partial charge on any atom is 0.411 e. The van der Waals surface area contributed by atoms with Gasteiger partial charge in [-0.1, -0.05) is 54.5 Å². The molecule has 2 amide bonds. The minimum absolute atomic E-state index is 0.0598. The predicted molar refractivity (Wildman–Crippen MR) is 120 cm³/mol. The number of aliphatic carboxylic acids is 1. The Labute approximate surface area is 189 Å². The Balaban J connectivity index is 1.45. The summed E-state index contributed by atoms with van der Waals surface area (Å²) in [6, 6.07) is 17.3. The van der Waals surface area contributed by atoms with Gasteiger partial charge in [0.2, 0.25) is 5.76 Å². The van der Waals surface area contributed by atoms with Crippen LogP contribution in [0.2, 0.25) is 0 Å². The molecule has 0 spiro atoms. The Kier molecular flexibility index (Phi) is 6.13. The summed E-state index contributed by atoms with van der Waals surface area (Å²) in [5, 5.41) is 11.5. The molecule has 1 aromatic heterocycles. The number of anilines is 1. The Morgan fingerprint density at radius 2 is 1.70 bits per heavy atom. The van der Waals surface area contributed by atoms with Crippen molar-refractivity contribution in [3.63, 3.8) is 0 Å². The average molecular weight is 444 g/mol. The first-order chi connectivity index (χ1) is 16.0. The van der Waals surface area contributed by atoms with E-state index in [4.69, 9.17) is 20.7 Å². The molecule has 1 aliphatic carbocycles. The number of carbonyl (C=O) groups is 3. The summed E-state index contributed by atoms with van der Waals surface area (Å²) in [6.07, 6.45) is 5.67. The van der Waals surface area contributed by atoms with Crippen LogP contribution in [0.3, 0.4) is 0 Å². The molecule has 166 valence electrons. The maximum absolute atomic E-state index is 12.7. The second-order valence-electron chi connectivity index (χ2n) is 7.37. The molecule has 1 heterocycles. The summed E-state index contributed by atoms with van der Waals surface area (Å²) in [5.41, 5.74) is 4.42. The third-order valence-corrected chi connectivity index (χ3v) is 5.34. The number of carboxylic acids is 1. The van der Waals surface area contributed by atoms with Crippen LogP contribution in [0.5, 0.6) is 0 Å². The number of terminal acetylenes is 1. The zero-order valence-corrected chi connectivity index (χ0v) is 17.5. The van der Waals surface area contributed by atoms with Gasteiger partial charge >= 0.3 is 12.1 Å². The highest BCUT2D eigenvalue weighted by atomic mass is 16.5. The monoisotopic (exact) mass is 444 g/mol. The first-order valence-corrected chi connectivity index (χ1v) is 10.1. The van der Waals surface area contributed by atoms with Crippen LogP contribution >= 0.6 is 0 Å². The molecule has 0 aliphatic heterocycles. The summed E-state index contributed by atoms with van der Waals surface area (Å²) >= 11 is 0. The van der Waals surface area contributed by atoms with Gasteiger partial charge < -0.3 is 19.2 Å². The largest absolute Gasteiger partial charge is 0.480 e. The summed E-state index contributed by atoms with van der Waals surface area (Å²) in [4.78, 5) is 37.1. The number of nitrogens with one attached hydrogen (secondary N) is 1. The minimum Gasteiger partial charge on any atom is -0.480 e. The maximum atomic E-state index is 12.7. The molecule has 0 bridgehead atoms. The van der Waals surface area contributed by atoms with Crippen molar-refractivity contribution in [2.45, 2.75) is 5.92 Å². The van der Waals surface area contributed by atoms with Crippen molar-refractivity contribution in [3.05, 3.63) is 77.7 Å². The summed E-state index contributed by atoms with van der Waals surface area (Å²) < 4.78 is 10.7. The van der Waals surface area contributed by atoms with Gasteiger partial charge in [-0.2, -0.15) is 0 Å². The van der Waals surface area contributed by atoms with Crippen LogP contribution in [0.25, 0.3) is 11.1 Å². The van der Waals surface area contributed by atoms with Crippen molar-refractivity contribution in [3.8, 4) is 23.5 Å². The Bertz CT molecular complexity index is 1210. The predicted octanol–water partition coefficient (Wildman–Crippen LogP) is 3.80. The van der Waals surface area contributed by atoms with Gasteiger partial charge in [0.15, 0.2) is 0 Å². The van der Waals surface area contributed by atoms with Crippen LogP contribution in [0, 0.1) is 12.3 Å². The molecular formula is C25H20N2O6. The van der Waals surface area contributed by atoms with E-state index in [2.05, 4.69) is 11.2 Å². The van der Waals surface area contributed by atoms with Crippen LogP contribution in [-0.2, 0) is 9.53 Å². The quantitative estimate of drug-likeness (QED) is 0.537. The van der Waals surface area contributed by atoms with Crippen LogP contribution in [0.15, 0.2) is 65.3 Å². The molecular weight excluding hydrogens is 424 g/mol. The van der Waals surface area contributed by atoms with Crippen molar-refractivity contribution in [2.24, 2.45) is 0 Å². The second kappa shape index (κ2) is 9.32. The van der Waals surface area contributed by atoms with Crippen molar-refractivity contribution >= 4 is 23.7 Å². The van der Waals surface area contributed by atoms with Crippen LogP contribution < -0.4 is 5.32 Å². The van der Waals surface area contributed by atoms with Gasteiger partial charge in [-0.3, -0.25) is 14.9 Å². The van der Waals surface area contributed by atoms with E-state index in [9.17, 15) is 14.4 Å². The number of furan rings is 1. The summed E-state index contributed by atoms with van der Waals surface area (Å²) in [5.74, 6) is -0.100. The van der Waals surface area contributed by atoms with Crippen molar-refractivity contribution in [2.75, 3.05) is 25.0 Å². The SMILES string of the molecule is C#CCN(CC(=O)O)C(=O)c1occc1NC(=O)OCC1c2ccccc2-c2ccccc21. The molecule has 0 atom stereocenters. The Morgan fingerprint density at radius 3 is 2.30 bits per heavy atom. The van der Waals surface area contributed by atoms with E-state index in [1.807, 2.05) is 48.5 Å². The highest BCUT2D eigenvalue weighted by Crippen LogP contribution is 2.44. The summed E-state index contributed by atoms with van der Waals surface area (Å²) in [7, 11) is 0. The third-order valence-electron chi connectivity index (χ3n) is 5.34. The topological polar surface area (TPSA) is 109 Å². The minimum atomic E-state index is -1.23. The lowest BCUT2D eigenvalue weighted by atomic mass is 9.98. The van der Waals surface area contributed by atoms with Crippen LogP contribution in [0.1, 0.15) is 27.6 Å². The van der Waals surface area contributed by atoms with Gasteiger partial charge in [0, 0.05) is 12.0 Å². The number of benzene rings is 2. The number of carbonyl (C=O) groups excluding carboxylic acids is 2. The Morgan fingerprint density at radius 1 is 1.06 bits per heavy atom. The van der Waals surface area contributed by atoms with E-state index >= 15 is 0 Å². The van der Waals surface area contributed by atoms with Gasteiger partial charge in [-0.25, -0.2) is 4.79 Å². The van der Waals surface area contributed by atoms with Crippen molar-refractivity contribution < 1.29 is 28.6 Å². The number of amides is 2. The third kappa shape index (κ3) is 4.43. The molecule has 0 unspecified atom stereocenters. The Hall–Kier alpha value is -4.51. The molecule has 4 rings (SSSR count). The van der Waals surface area contributed by atoms with E-state index in [0.717, 1.165) is 27.2 Å². The number of ether oxygens (including phenoxy) is 1. The molecule has 1 aliphatic rings. The van der Waals surface area contributed by atoms with E-state index in [1.54, 1.807) is 0 Å². The molecule has 0 radical (unpaired) electrons. The molecule has 0 saturated carbocycles. The van der Waals surface area contributed by atoms with E-state index in [1.165, 1.54) is 12.3 Å². The number of fused-ring (bicyclic) bond motifs is 3. The first kappa shape index (κ1) is 21.7. The van der Waals surface area contributed by atoms with Gasteiger partial charge in [-0.15, -0.1) is 6.42 Å². The van der Waals surface area contributed by atoms with Gasteiger partial charge in [0.25, 0.3) is 5.91 Å². The smallest absolute Gasteiger partial charge is 0.411 e. The van der Waals surface area contributed by atoms with E-state index in [-0.39, 0.29) is 30.5 Å². The lowest BCUT2D eigenvalue weighted by Crippen LogP contribution is -2.36. The molecule has 33 heavy (non-hydrogen) atoms. The summed E-state index contributed by atoms with van der Waals surface area (Å²) in [6.45, 7) is -0.729. The standard InChI is InChI=1S/C25H20N2O6/c1-2-12-27(14-22(28)29)24(30)23-21(11-13-32-23)26-25(31)33-15-20-18-9-5-3-7-16(18)17-8-4-6-10-19(17)20/h1,3-11,13,20H,12,14-15H2,(H,26,31)(H,28,29).